The number of nitrogens with zero attached hydrogens (tertiary/aromatic N) is 5. The summed E-state index contributed by atoms with van der Waals surface area (Å²) in [6, 6.07) is 3.69. The number of aromatic nitrogens is 5. The average molecular weight is 272 g/mol. The fourth-order valence-electron chi connectivity index (χ4n) is 1.85. The predicted octanol–water partition coefficient (Wildman–Crippen LogP) is 1.98. The Kier molecular flexibility index (Phi) is 2.75. The predicted molar refractivity (Wildman–Crippen MR) is 74.1 cm³/mol. The van der Waals surface area contributed by atoms with Crippen LogP contribution < -0.4 is 5.73 Å². The molecule has 19 heavy (non-hydrogen) atoms. The van der Waals surface area contributed by atoms with Gasteiger partial charge in [-0.25, -0.2) is 19.6 Å². The van der Waals surface area contributed by atoms with Crippen molar-refractivity contribution < 1.29 is 0 Å². The summed E-state index contributed by atoms with van der Waals surface area (Å²) in [6.45, 7) is 3.91. The summed E-state index contributed by atoms with van der Waals surface area (Å²) >= 11 is 1.48. The first kappa shape index (κ1) is 11.8. The lowest BCUT2D eigenvalue weighted by Crippen LogP contribution is -2.06. The maximum Gasteiger partial charge on any atom is 0.192 e. The second-order valence-corrected chi connectivity index (χ2v) is 5.05. The van der Waals surface area contributed by atoms with E-state index in [1.807, 2.05) is 25.3 Å². The Morgan fingerprint density at radius 1 is 1.21 bits per heavy atom. The first-order valence-corrected chi connectivity index (χ1v) is 6.59. The van der Waals surface area contributed by atoms with Gasteiger partial charge in [-0.2, -0.15) is 5.10 Å². The van der Waals surface area contributed by atoms with Gasteiger partial charge in [0.1, 0.15) is 5.82 Å². The Labute approximate surface area is 114 Å². The summed E-state index contributed by atoms with van der Waals surface area (Å²) in [5.41, 5.74) is 7.78. The van der Waals surface area contributed by atoms with E-state index in [2.05, 4.69) is 20.1 Å². The molecule has 2 N–H and O–H groups in total. The number of hydrogen-bond acceptors (Lipinski definition) is 6. The van der Waals surface area contributed by atoms with Gasteiger partial charge in [0.2, 0.25) is 0 Å². The third-order valence-electron chi connectivity index (χ3n) is 2.58. The number of hydrogen-bond donors (Lipinski definition) is 1. The highest BCUT2D eigenvalue weighted by atomic mass is 32.1. The van der Waals surface area contributed by atoms with Crippen LogP contribution in [0.15, 0.2) is 23.7 Å². The topological polar surface area (TPSA) is 82.5 Å². The number of nitrogens with two attached hydrogens (primary N) is 1. The Morgan fingerprint density at radius 3 is 2.68 bits per heavy atom. The molecule has 3 rings (SSSR count). The SMILES string of the molecule is Cc1cc(C)n(-c2cc(N)nc(-c3nccs3)n2)n1. The van der Waals surface area contributed by atoms with Crippen molar-refractivity contribution in [2.24, 2.45) is 0 Å². The molecule has 0 aliphatic rings. The van der Waals surface area contributed by atoms with Crippen LogP contribution in [0, 0.1) is 13.8 Å². The highest BCUT2D eigenvalue weighted by Gasteiger charge is 2.11. The van der Waals surface area contributed by atoms with E-state index in [9.17, 15) is 0 Å². The van der Waals surface area contributed by atoms with Crippen LogP contribution in [0.4, 0.5) is 5.82 Å². The van der Waals surface area contributed by atoms with Crippen molar-refractivity contribution in [2.45, 2.75) is 13.8 Å². The van der Waals surface area contributed by atoms with E-state index in [0.717, 1.165) is 16.4 Å². The lowest BCUT2D eigenvalue weighted by atomic mass is 10.4. The number of aryl methyl sites for hydroxylation is 2. The molecule has 0 saturated carbocycles. The summed E-state index contributed by atoms with van der Waals surface area (Å²) in [5.74, 6) is 1.59. The molecule has 0 atom stereocenters. The van der Waals surface area contributed by atoms with Crippen molar-refractivity contribution in [1.82, 2.24) is 24.7 Å². The Balaban J connectivity index is 2.15. The third-order valence-corrected chi connectivity index (χ3v) is 3.35. The van der Waals surface area contributed by atoms with Crippen LogP contribution in [0.5, 0.6) is 0 Å². The number of thiazole rings is 1. The monoisotopic (exact) mass is 272 g/mol. The van der Waals surface area contributed by atoms with E-state index in [1.54, 1.807) is 16.9 Å². The molecule has 0 fully saturated rings. The highest BCUT2D eigenvalue weighted by Crippen LogP contribution is 2.21. The molecule has 6 nitrogen and oxygen atoms in total. The van der Waals surface area contributed by atoms with Crippen LogP contribution in [0.25, 0.3) is 16.6 Å². The van der Waals surface area contributed by atoms with Crippen molar-refractivity contribution in [3.05, 3.63) is 35.1 Å². The lowest BCUT2D eigenvalue weighted by Gasteiger charge is -2.05. The molecule has 3 heterocycles. The molecule has 0 spiro atoms. The maximum absolute atomic E-state index is 5.84. The number of nitrogen functional groups attached to an aromatic ring is 1. The molecular weight excluding hydrogens is 260 g/mol. The third kappa shape index (κ3) is 2.19. The van der Waals surface area contributed by atoms with Crippen LogP contribution in [0.3, 0.4) is 0 Å². The molecule has 7 heteroatoms. The molecule has 0 bridgehead atoms. The second-order valence-electron chi connectivity index (χ2n) is 4.15. The summed E-state index contributed by atoms with van der Waals surface area (Å²) in [7, 11) is 0. The van der Waals surface area contributed by atoms with Crippen LogP contribution in [0.1, 0.15) is 11.4 Å². The van der Waals surface area contributed by atoms with E-state index < -0.39 is 0 Å². The van der Waals surface area contributed by atoms with Crippen LogP contribution in [0.2, 0.25) is 0 Å². The molecule has 0 unspecified atom stereocenters. The average Bonchev–Trinajstić information content (AvgIpc) is 2.98. The summed E-state index contributed by atoms with van der Waals surface area (Å²) in [4.78, 5) is 12.9. The fourth-order valence-corrected chi connectivity index (χ4v) is 2.42. The minimum atomic E-state index is 0.405. The van der Waals surface area contributed by atoms with Crippen molar-refractivity contribution in [3.8, 4) is 16.6 Å². The molecule has 96 valence electrons. The number of rotatable bonds is 2. The van der Waals surface area contributed by atoms with Crippen molar-refractivity contribution in [3.63, 3.8) is 0 Å². The molecule has 3 aromatic rings. The quantitative estimate of drug-likeness (QED) is 0.771. The lowest BCUT2D eigenvalue weighted by molar-refractivity contribution is 0.803. The standard InChI is InChI=1S/C12H12N6S/c1-7-5-8(2)18(17-7)10-6-9(13)15-11(16-10)12-14-3-4-19-12/h3-6H,1-2H3,(H2,13,15,16). The Morgan fingerprint density at radius 2 is 2.05 bits per heavy atom. The van der Waals surface area contributed by atoms with Gasteiger partial charge in [-0.05, 0) is 19.9 Å². The molecular formula is C12H12N6S. The van der Waals surface area contributed by atoms with Gasteiger partial charge in [-0.3, -0.25) is 0 Å². The van der Waals surface area contributed by atoms with Crippen LogP contribution in [-0.4, -0.2) is 24.7 Å². The molecule has 0 aromatic carbocycles. The minimum absolute atomic E-state index is 0.405. The van der Waals surface area contributed by atoms with Gasteiger partial charge in [-0.1, -0.05) is 0 Å². The minimum Gasteiger partial charge on any atom is -0.384 e. The van der Waals surface area contributed by atoms with E-state index >= 15 is 0 Å². The molecule has 0 aliphatic heterocycles. The molecule has 3 aromatic heterocycles. The zero-order chi connectivity index (χ0) is 13.4. The van der Waals surface area contributed by atoms with Gasteiger partial charge in [-0.15, -0.1) is 11.3 Å². The molecule has 0 saturated heterocycles. The summed E-state index contributed by atoms with van der Waals surface area (Å²) in [6.07, 6.45) is 1.72. The first-order chi connectivity index (χ1) is 9.13. The second kappa shape index (κ2) is 4.43. The molecule has 0 aliphatic carbocycles. The highest BCUT2D eigenvalue weighted by molar-refractivity contribution is 7.13. The van der Waals surface area contributed by atoms with Crippen molar-refractivity contribution in [1.29, 1.82) is 0 Å². The van der Waals surface area contributed by atoms with E-state index in [0.29, 0.717) is 17.5 Å². The zero-order valence-electron chi connectivity index (χ0n) is 10.5. The van der Waals surface area contributed by atoms with Crippen LogP contribution in [-0.2, 0) is 0 Å². The van der Waals surface area contributed by atoms with E-state index in [1.165, 1.54) is 11.3 Å². The van der Waals surface area contributed by atoms with Gasteiger partial charge < -0.3 is 5.73 Å². The largest absolute Gasteiger partial charge is 0.384 e. The van der Waals surface area contributed by atoms with Crippen LogP contribution >= 0.6 is 11.3 Å². The van der Waals surface area contributed by atoms with E-state index in [4.69, 9.17) is 5.73 Å². The molecule has 0 amide bonds. The van der Waals surface area contributed by atoms with Gasteiger partial charge in [0.15, 0.2) is 16.6 Å². The van der Waals surface area contributed by atoms with Crippen molar-refractivity contribution >= 4 is 17.2 Å². The maximum atomic E-state index is 5.84. The zero-order valence-corrected chi connectivity index (χ0v) is 11.3. The van der Waals surface area contributed by atoms with Gasteiger partial charge in [0.05, 0.1) is 5.69 Å². The number of anilines is 1. The fraction of sp³-hybridized carbons (Fsp3) is 0.167. The van der Waals surface area contributed by atoms with Gasteiger partial charge in [0.25, 0.3) is 0 Å². The van der Waals surface area contributed by atoms with Crippen molar-refractivity contribution in [2.75, 3.05) is 5.73 Å². The van der Waals surface area contributed by atoms with E-state index in [-0.39, 0.29) is 0 Å². The summed E-state index contributed by atoms with van der Waals surface area (Å²) in [5, 5.41) is 7.02. The normalized spacial score (nSPS) is 10.8. The van der Waals surface area contributed by atoms with Gasteiger partial charge in [0, 0.05) is 23.3 Å². The Hall–Kier alpha value is -2.28. The van der Waals surface area contributed by atoms with Gasteiger partial charge >= 0.3 is 0 Å². The molecule has 0 radical (unpaired) electrons. The first-order valence-electron chi connectivity index (χ1n) is 5.71. The summed E-state index contributed by atoms with van der Waals surface area (Å²) < 4.78 is 1.75. The Bertz CT molecular complexity index is 716. The smallest absolute Gasteiger partial charge is 0.192 e.